The summed E-state index contributed by atoms with van der Waals surface area (Å²) in [6, 6.07) is 15.6. The number of para-hydroxylation sites is 1. The predicted octanol–water partition coefficient (Wildman–Crippen LogP) is 2.57. The third-order valence-corrected chi connectivity index (χ3v) is 6.23. The molecule has 10 heteroatoms. The van der Waals surface area contributed by atoms with Crippen molar-refractivity contribution in [2.75, 3.05) is 11.1 Å². The fraction of sp³-hybridized carbons (Fsp3) is 0.105. The van der Waals surface area contributed by atoms with Gasteiger partial charge in [0.05, 0.1) is 16.2 Å². The number of sulfonamides is 1. The maximum atomic E-state index is 12.3. The number of fused-ring (bicyclic) bond motifs is 3. The van der Waals surface area contributed by atoms with Crippen molar-refractivity contribution in [1.82, 2.24) is 14.6 Å². The van der Waals surface area contributed by atoms with E-state index in [1.54, 1.807) is 0 Å². The molecule has 0 aliphatic rings. The number of aryl methyl sites for hydroxylation is 1. The Labute approximate surface area is 171 Å². The first-order chi connectivity index (χ1) is 13.8. The van der Waals surface area contributed by atoms with Crippen molar-refractivity contribution >= 4 is 49.9 Å². The molecule has 2 aromatic carbocycles. The molecular formula is C19H17N5O3S2. The lowest BCUT2D eigenvalue weighted by Crippen LogP contribution is -2.15. The Morgan fingerprint density at radius 3 is 2.59 bits per heavy atom. The number of hydrogen-bond acceptors (Lipinski definition) is 6. The number of nitrogens with zero attached hydrogens (tertiary/aromatic N) is 3. The highest BCUT2D eigenvalue weighted by atomic mass is 32.2. The average molecular weight is 428 g/mol. The summed E-state index contributed by atoms with van der Waals surface area (Å²) >= 11 is 1.27. The normalized spacial score (nSPS) is 11.8. The summed E-state index contributed by atoms with van der Waals surface area (Å²) < 4.78 is 24.5. The summed E-state index contributed by atoms with van der Waals surface area (Å²) in [5.74, 6) is -0.119. The van der Waals surface area contributed by atoms with Gasteiger partial charge in [-0.2, -0.15) is 0 Å². The van der Waals surface area contributed by atoms with Gasteiger partial charge in [-0.15, -0.1) is 10.2 Å². The van der Waals surface area contributed by atoms with E-state index in [1.807, 2.05) is 41.7 Å². The molecule has 0 bridgehead atoms. The van der Waals surface area contributed by atoms with Crippen LogP contribution in [0.2, 0.25) is 0 Å². The molecule has 0 aliphatic heterocycles. The number of primary sulfonamides is 1. The van der Waals surface area contributed by atoms with Crippen LogP contribution in [-0.2, 0) is 14.8 Å². The summed E-state index contributed by atoms with van der Waals surface area (Å²) in [6.07, 6.45) is 0. The van der Waals surface area contributed by atoms with Gasteiger partial charge in [-0.1, -0.05) is 30.0 Å². The van der Waals surface area contributed by atoms with E-state index >= 15 is 0 Å². The molecule has 0 saturated heterocycles. The van der Waals surface area contributed by atoms with Crippen molar-refractivity contribution in [2.45, 2.75) is 17.0 Å². The Balaban J connectivity index is 1.51. The summed E-state index contributed by atoms with van der Waals surface area (Å²) in [7, 11) is -3.76. The first kappa shape index (κ1) is 19.4. The third-order valence-electron chi connectivity index (χ3n) is 4.37. The van der Waals surface area contributed by atoms with Gasteiger partial charge in [0.15, 0.2) is 10.8 Å². The second-order valence-corrected chi connectivity index (χ2v) is 8.93. The Hall–Kier alpha value is -2.95. The molecule has 0 aliphatic carbocycles. The Bertz CT molecular complexity index is 1330. The van der Waals surface area contributed by atoms with Gasteiger partial charge >= 0.3 is 0 Å². The lowest BCUT2D eigenvalue weighted by atomic mass is 10.1. The summed E-state index contributed by atoms with van der Waals surface area (Å²) in [6.45, 7) is 2.03. The lowest BCUT2D eigenvalue weighted by Gasteiger charge is -2.08. The number of rotatable bonds is 5. The van der Waals surface area contributed by atoms with Crippen LogP contribution >= 0.6 is 11.8 Å². The first-order valence-electron chi connectivity index (χ1n) is 8.62. The van der Waals surface area contributed by atoms with Crippen LogP contribution in [0.5, 0.6) is 0 Å². The minimum absolute atomic E-state index is 0.0121. The fourth-order valence-corrected chi connectivity index (χ4v) is 4.29. The second-order valence-electron chi connectivity index (χ2n) is 6.43. The lowest BCUT2D eigenvalue weighted by molar-refractivity contribution is -0.113. The van der Waals surface area contributed by atoms with Crippen molar-refractivity contribution in [3.8, 4) is 0 Å². The highest BCUT2D eigenvalue weighted by Crippen LogP contribution is 2.25. The standard InChI is InChI=1S/C19H17N5O3S2/c1-12-10-17-22-23-19(24(17)16-5-3-2-4-15(12)16)28-11-18(25)21-13-6-8-14(9-7-13)29(20,26)27/h2-10H,11H2,1H3,(H,21,25)(H2,20,26,27). The van der Waals surface area contributed by atoms with Crippen LogP contribution in [0.25, 0.3) is 16.6 Å². The molecule has 0 unspecified atom stereocenters. The zero-order valence-corrected chi connectivity index (χ0v) is 17.0. The van der Waals surface area contributed by atoms with Crippen LogP contribution < -0.4 is 10.5 Å². The number of carbonyl (C=O) groups excluding carboxylic acids is 1. The number of carbonyl (C=O) groups is 1. The van der Waals surface area contributed by atoms with E-state index in [-0.39, 0.29) is 16.6 Å². The summed E-state index contributed by atoms with van der Waals surface area (Å²) in [5, 5.41) is 17.9. The van der Waals surface area contributed by atoms with Gasteiger partial charge in [-0.05, 0) is 48.9 Å². The van der Waals surface area contributed by atoms with Crippen molar-refractivity contribution in [3.63, 3.8) is 0 Å². The quantitative estimate of drug-likeness (QED) is 0.473. The van der Waals surface area contributed by atoms with Crippen LogP contribution in [0.4, 0.5) is 5.69 Å². The van der Waals surface area contributed by atoms with Gasteiger partial charge in [0, 0.05) is 11.1 Å². The number of nitrogens with one attached hydrogen (secondary N) is 1. The van der Waals surface area contributed by atoms with Gasteiger partial charge in [0.1, 0.15) is 0 Å². The predicted molar refractivity (Wildman–Crippen MR) is 112 cm³/mol. The Morgan fingerprint density at radius 2 is 1.86 bits per heavy atom. The van der Waals surface area contributed by atoms with Crippen molar-refractivity contribution in [1.29, 1.82) is 0 Å². The van der Waals surface area contributed by atoms with E-state index in [0.717, 1.165) is 22.1 Å². The number of anilines is 1. The molecule has 0 radical (unpaired) electrons. The zero-order chi connectivity index (χ0) is 20.6. The molecule has 2 aromatic heterocycles. The fourth-order valence-electron chi connectivity index (χ4n) is 3.02. The van der Waals surface area contributed by atoms with E-state index in [4.69, 9.17) is 5.14 Å². The van der Waals surface area contributed by atoms with Crippen LogP contribution in [0, 0.1) is 6.92 Å². The van der Waals surface area contributed by atoms with Crippen LogP contribution in [0.3, 0.4) is 0 Å². The van der Waals surface area contributed by atoms with Crippen molar-refractivity contribution in [2.24, 2.45) is 5.14 Å². The number of pyridine rings is 1. The van der Waals surface area contributed by atoms with E-state index in [2.05, 4.69) is 15.5 Å². The molecular weight excluding hydrogens is 410 g/mol. The number of benzene rings is 2. The van der Waals surface area contributed by atoms with Crippen LogP contribution in [0.15, 0.2) is 64.6 Å². The van der Waals surface area contributed by atoms with Gasteiger partial charge in [0.25, 0.3) is 0 Å². The molecule has 0 spiro atoms. The topological polar surface area (TPSA) is 119 Å². The van der Waals surface area contributed by atoms with Crippen molar-refractivity contribution < 1.29 is 13.2 Å². The molecule has 1 amide bonds. The zero-order valence-electron chi connectivity index (χ0n) is 15.4. The number of nitrogens with two attached hydrogens (primary N) is 1. The molecule has 4 aromatic rings. The highest BCUT2D eigenvalue weighted by molar-refractivity contribution is 7.99. The Morgan fingerprint density at radius 1 is 1.14 bits per heavy atom. The summed E-state index contributed by atoms with van der Waals surface area (Å²) in [5.41, 5.74) is 3.30. The number of thioether (sulfide) groups is 1. The molecule has 0 atom stereocenters. The number of aromatic nitrogens is 3. The SMILES string of the molecule is Cc1cc2nnc(SCC(=O)Nc3ccc(S(N)(=O)=O)cc3)n2c2ccccc12. The molecule has 148 valence electrons. The maximum Gasteiger partial charge on any atom is 0.238 e. The van der Waals surface area contributed by atoms with E-state index in [0.29, 0.717) is 10.8 Å². The Kier molecular flexibility index (Phi) is 4.99. The highest BCUT2D eigenvalue weighted by Gasteiger charge is 2.13. The average Bonchev–Trinajstić information content (AvgIpc) is 3.09. The van der Waals surface area contributed by atoms with E-state index < -0.39 is 10.0 Å². The smallest absolute Gasteiger partial charge is 0.238 e. The van der Waals surface area contributed by atoms with Crippen LogP contribution in [0.1, 0.15) is 5.56 Å². The molecule has 8 nitrogen and oxygen atoms in total. The molecule has 29 heavy (non-hydrogen) atoms. The minimum atomic E-state index is -3.76. The molecule has 3 N–H and O–H groups in total. The van der Waals surface area contributed by atoms with E-state index in [9.17, 15) is 13.2 Å². The monoisotopic (exact) mass is 427 g/mol. The first-order valence-corrected chi connectivity index (χ1v) is 11.1. The number of amides is 1. The van der Waals surface area contributed by atoms with Gasteiger partial charge < -0.3 is 5.32 Å². The molecule has 2 heterocycles. The van der Waals surface area contributed by atoms with Gasteiger partial charge in [-0.25, -0.2) is 13.6 Å². The van der Waals surface area contributed by atoms with Crippen LogP contribution in [-0.4, -0.2) is 34.7 Å². The maximum absolute atomic E-state index is 12.3. The molecule has 4 rings (SSSR count). The second kappa shape index (κ2) is 7.47. The molecule has 0 fully saturated rings. The third kappa shape index (κ3) is 3.95. The summed E-state index contributed by atoms with van der Waals surface area (Å²) in [4.78, 5) is 12.3. The minimum Gasteiger partial charge on any atom is -0.325 e. The van der Waals surface area contributed by atoms with Crippen molar-refractivity contribution in [3.05, 3.63) is 60.2 Å². The van der Waals surface area contributed by atoms with Gasteiger partial charge in [-0.3, -0.25) is 9.20 Å². The van der Waals surface area contributed by atoms with E-state index in [1.165, 1.54) is 36.0 Å². The number of hydrogen-bond donors (Lipinski definition) is 2. The molecule has 0 saturated carbocycles. The largest absolute Gasteiger partial charge is 0.325 e. The van der Waals surface area contributed by atoms with Gasteiger partial charge in [0.2, 0.25) is 15.9 Å².